The van der Waals surface area contributed by atoms with Gasteiger partial charge in [0.05, 0.1) is 12.1 Å². The summed E-state index contributed by atoms with van der Waals surface area (Å²) in [5.74, 6) is 0.101. The zero-order valence-corrected chi connectivity index (χ0v) is 10.4. The van der Waals surface area contributed by atoms with E-state index in [4.69, 9.17) is 5.73 Å². The summed E-state index contributed by atoms with van der Waals surface area (Å²) < 4.78 is 0. The largest absolute Gasteiger partial charge is 0.363 e. The number of nitrogens with zero attached hydrogens (tertiary/aromatic N) is 1. The van der Waals surface area contributed by atoms with Crippen molar-refractivity contribution < 1.29 is 4.79 Å². The lowest BCUT2D eigenvalue weighted by molar-refractivity contribution is -0.133. The lowest BCUT2D eigenvalue weighted by Crippen LogP contribution is -2.43. The number of carbonyl (C=O) groups is 1. The van der Waals surface area contributed by atoms with Crippen LogP contribution >= 0.6 is 0 Å². The molecule has 17 heavy (non-hydrogen) atoms. The van der Waals surface area contributed by atoms with Crippen LogP contribution in [0.1, 0.15) is 44.3 Å². The number of aromatic nitrogens is 1. The Balaban J connectivity index is 2.07. The van der Waals surface area contributed by atoms with Gasteiger partial charge in [-0.25, -0.2) is 0 Å². The van der Waals surface area contributed by atoms with Gasteiger partial charge in [0.25, 0.3) is 0 Å². The molecule has 1 aromatic heterocycles. The summed E-state index contributed by atoms with van der Waals surface area (Å²) in [6.07, 6.45) is 5.72. The van der Waals surface area contributed by atoms with Gasteiger partial charge in [0.15, 0.2) is 0 Å². The van der Waals surface area contributed by atoms with Crippen molar-refractivity contribution in [1.29, 1.82) is 0 Å². The maximum atomic E-state index is 12.2. The van der Waals surface area contributed by atoms with E-state index < -0.39 is 0 Å². The molecule has 0 aromatic carbocycles. The first kappa shape index (κ1) is 12.2. The zero-order chi connectivity index (χ0) is 12.3. The molecule has 0 aliphatic carbocycles. The van der Waals surface area contributed by atoms with Gasteiger partial charge < -0.3 is 15.6 Å². The Bertz CT molecular complexity index is 361. The molecule has 1 aromatic rings. The molecule has 4 heteroatoms. The Morgan fingerprint density at radius 1 is 1.71 bits per heavy atom. The van der Waals surface area contributed by atoms with Crippen molar-refractivity contribution in [3.63, 3.8) is 0 Å². The highest BCUT2D eigenvalue weighted by molar-refractivity contribution is 5.82. The molecule has 3 N–H and O–H groups in total. The van der Waals surface area contributed by atoms with Crippen LogP contribution in [-0.4, -0.2) is 28.4 Å². The second kappa shape index (κ2) is 5.36. The van der Waals surface area contributed by atoms with Crippen LogP contribution in [0.5, 0.6) is 0 Å². The molecule has 0 radical (unpaired) electrons. The number of amides is 1. The number of hydrogen-bond acceptors (Lipinski definition) is 2. The normalized spacial score (nSPS) is 21.8. The molecule has 1 aliphatic rings. The highest BCUT2D eigenvalue weighted by atomic mass is 16.2. The molecule has 0 saturated carbocycles. The van der Waals surface area contributed by atoms with Crippen LogP contribution in [0.2, 0.25) is 0 Å². The SMILES string of the molecule is CCC[C@@H](N)C(=O)N1CCCC1c1ccc[nH]1. The lowest BCUT2D eigenvalue weighted by Gasteiger charge is -2.26. The van der Waals surface area contributed by atoms with Gasteiger partial charge in [0.1, 0.15) is 0 Å². The quantitative estimate of drug-likeness (QED) is 0.836. The van der Waals surface area contributed by atoms with E-state index in [0.717, 1.165) is 37.9 Å². The third kappa shape index (κ3) is 2.52. The summed E-state index contributed by atoms with van der Waals surface area (Å²) in [6.45, 7) is 2.89. The summed E-state index contributed by atoms with van der Waals surface area (Å²) >= 11 is 0. The van der Waals surface area contributed by atoms with Crippen LogP contribution in [0.25, 0.3) is 0 Å². The van der Waals surface area contributed by atoms with Gasteiger partial charge in [-0.05, 0) is 31.4 Å². The fourth-order valence-corrected chi connectivity index (χ4v) is 2.55. The van der Waals surface area contributed by atoms with Crippen molar-refractivity contribution in [3.8, 4) is 0 Å². The van der Waals surface area contributed by atoms with Crippen molar-refractivity contribution in [2.24, 2.45) is 5.73 Å². The standard InChI is InChI=1S/C13H21N3O/c1-2-5-10(14)13(17)16-9-4-7-12(16)11-6-3-8-15-11/h3,6,8,10,12,15H,2,4-5,7,9,14H2,1H3/t10-,12?/m1/s1. The van der Waals surface area contributed by atoms with Gasteiger partial charge in [-0.2, -0.15) is 0 Å². The molecule has 2 heterocycles. The molecule has 1 fully saturated rings. The molecule has 1 amide bonds. The Morgan fingerprint density at radius 2 is 2.53 bits per heavy atom. The van der Waals surface area contributed by atoms with E-state index in [2.05, 4.69) is 11.9 Å². The maximum absolute atomic E-state index is 12.2. The van der Waals surface area contributed by atoms with Crippen molar-refractivity contribution in [2.75, 3.05) is 6.54 Å². The molecule has 2 atom stereocenters. The molecule has 1 unspecified atom stereocenters. The predicted molar refractivity (Wildman–Crippen MR) is 67.4 cm³/mol. The highest BCUT2D eigenvalue weighted by Crippen LogP contribution is 2.31. The number of aromatic amines is 1. The lowest BCUT2D eigenvalue weighted by atomic mass is 10.1. The topological polar surface area (TPSA) is 62.1 Å². The predicted octanol–water partition coefficient (Wildman–Crippen LogP) is 1.81. The van der Waals surface area contributed by atoms with E-state index in [9.17, 15) is 4.79 Å². The molecule has 2 rings (SSSR count). The van der Waals surface area contributed by atoms with Gasteiger partial charge in [-0.1, -0.05) is 13.3 Å². The van der Waals surface area contributed by atoms with Gasteiger partial charge >= 0.3 is 0 Å². The van der Waals surface area contributed by atoms with E-state index >= 15 is 0 Å². The van der Waals surface area contributed by atoms with Crippen molar-refractivity contribution in [1.82, 2.24) is 9.88 Å². The van der Waals surface area contributed by atoms with Crippen LogP contribution in [0, 0.1) is 0 Å². The van der Waals surface area contributed by atoms with E-state index in [1.165, 1.54) is 0 Å². The number of hydrogen-bond donors (Lipinski definition) is 2. The Labute approximate surface area is 102 Å². The van der Waals surface area contributed by atoms with Crippen LogP contribution in [0.3, 0.4) is 0 Å². The Morgan fingerprint density at radius 3 is 3.18 bits per heavy atom. The van der Waals surface area contributed by atoms with Crippen LogP contribution in [0.15, 0.2) is 18.3 Å². The van der Waals surface area contributed by atoms with Gasteiger partial charge in [0, 0.05) is 18.4 Å². The number of nitrogens with two attached hydrogens (primary N) is 1. The number of H-pyrrole nitrogens is 1. The minimum absolute atomic E-state index is 0.101. The van der Waals surface area contributed by atoms with Crippen molar-refractivity contribution in [3.05, 3.63) is 24.0 Å². The molecular formula is C13H21N3O. The summed E-state index contributed by atoms with van der Waals surface area (Å²) in [6, 6.07) is 3.88. The first-order chi connectivity index (χ1) is 8.24. The monoisotopic (exact) mass is 235 g/mol. The molecule has 0 bridgehead atoms. The first-order valence-corrected chi connectivity index (χ1v) is 6.43. The number of nitrogens with one attached hydrogen (secondary N) is 1. The van der Waals surface area contributed by atoms with Crippen LogP contribution < -0.4 is 5.73 Å². The minimum atomic E-state index is -0.337. The second-order valence-corrected chi connectivity index (χ2v) is 4.71. The maximum Gasteiger partial charge on any atom is 0.240 e. The molecule has 4 nitrogen and oxygen atoms in total. The zero-order valence-electron chi connectivity index (χ0n) is 10.4. The van der Waals surface area contributed by atoms with E-state index in [1.807, 2.05) is 23.2 Å². The summed E-state index contributed by atoms with van der Waals surface area (Å²) in [5.41, 5.74) is 7.05. The van der Waals surface area contributed by atoms with Gasteiger partial charge in [0.2, 0.25) is 5.91 Å². The van der Waals surface area contributed by atoms with Crippen LogP contribution in [-0.2, 0) is 4.79 Å². The molecule has 1 aliphatic heterocycles. The average Bonchev–Trinajstić information content (AvgIpc) is 2.98. The number of carbonyl (C=O) groups excluding carboxylic acids is 1. The second-order valence-electron chi connectivity index (χ2n) is 4.71. The molecule has 0 spiro atoms. The fraction of sp³-hybridized carbons (Fsp3) is 0.615. The van der Waals surface area contributed by atoms with E-state index in [1.54, 1.807) is 0 Å². The Hall–Kier alpha value is -1.29. The smallest absolute Gasteiger partial charge is 0.240 e. The van der Waals surface area contributed by atoms with Crippen molar-refractivity contribution in [2.45, 2.75) is 44.7 Å². The highest BCUT2D eigenvalue weighted by Gasteiger charge is 2.32. The molecule has 94 valence electrons. The molecule has 1 saturated heterocycles. The summed E-state index contributed by atoms with van der Waals surface area (Å²) in [5, 5.41) is 0. The Kier molecular flexibility index (Phi) is 3.84. The van der Waals surface area contributed by atoms with E-state index in [0.29, 0.717) is 0 Å². The third-order valence-corrected chi connectivity index (χ3v) is 3.43. The van der Waals surface area contributed by atoms with Crippen molar-refractivity contribution >= 4 is 5.91 Å². The number of likely N-dealkylation sites (tertiary alicyclic amines) is 1. The van der Waals surface area contributed by atoms with Crippen LogP contribution in [0.4, 0.5) is 0 Å². The van der Waals surface area contributed by atoms with E-state index in [-0.39, 0.29) is 18.0 Å². The average molecular weight is 235 g/mol. The molecular weight excluding hydrogens is 214 g/mol. The summed E-state index contributed by atoms with van der Waals surface area (Å²) in [4.78, 5) is 17.4. The third-order valence-electron chi connectivity index (χ3n) is 3.43. The number of rotatable bonds is 4. The van der Waals surface area contributed by atoms with Gasteiger partial charge in [-0.3, -0.25) is 4.79 Å². The first-order valence-electron chi connectivity index (χ1n) is 6.43. The minimum Gasteiger partial charge on any atom is -0.363 e. The van der Waals surface area contributed by atoms with Gasteiger partial charge in [-0.15, -0.1) is 0 Å². The summed E-state index contributed by atoms with van der Waals surface area (Å²) in [7, 11) is 0. The fourth-order valence-electron chi connectivity index (χ4n) is 2.55.